The number of nitrogens with zero attached hydrogens (tertiary/aromatic N) is 2. The van der Waals surface area contributed by atoms with Crippen molar-refractivity contribution < 1.29 is 0 Å². The fraction of sp³-hybridized carbons (Fsp3) is 0. The average molecular weight is 633 g/mol. The Bertz CT molecular complexity index is 3340. The molecule has 9 aromatic carbocycles. The second-order valence-electron chi connectivity index (χ2n) is 13.7. The van der Waals surface area contributed by atoms with Gasteiger partial charge in [-0.2, -0.15) is 0 Å². The van der Waals surface area contributed by atoms with Crippen LogP contribution in [0.5, 0.6) is 0 Å². The average Bonchev–Trinajstić information content (AvgIpc) is 3.71. The summed E-state index contributed by atoms with van der Waals surface area (Å²) < 4.78 is 4.96. The maximum absolute atomic E-state index is 2.49. The van der Waals surface area contributed by atoms with E-state index in [4.69, 9.17) is 0 Å². The minimum atomic E-state index is 1.22. The Labute approximate surface area is 287 Å². The van der Waals surface area contributed by atoms with Gasteiger partial charge in [-0.3, -0.25) is 0 Å². The molecule has 0 fully saturated rings. The Hall–Kier alpha value is -6.64. The lowest BCUT2D eigenvalue weighted by Gasteiger charge is -2.12. The van der Waals surface area contributed by atoms with Crippen LogP contribution in [0, 0.1) is 0 Å². The number of fused-ring (bicyclic) bond motifs is 14. The second-order valence-corrected chi connectivity index (χ2v) is 13.7. The van der Waals surface area contributed by atoms with Gasteiger partial charge in [0, 0.05) is 21.5 Å². The number of hydrogen-bond donors (Lipinski definition) is 0. The molecular formula is C48H28N2. The monoisotopic (exact) mass is 632 g/mol. The van der Waals surface area contributed by atoms with Crippen molar-refractivity contribution in [3.05, 3.63) is 170 Å². The van der Waals surface area contributed by atoms with Crippen LogP contribution in [0.1, 0.15) is 0 Å². The van der Waals surface area contributed by atoms with Crippen molar-refractivity contribution in [3.8, 4) is 22.3 Å². The molecule has 0 saturated carbocycles. The van der Waals surface area contributed by atoms with Gasteiger partial charge in [0.15, 0.2) is 0 Å². The standard InChI is InChI=1S/C48H28N2/c1-2-14-35-33(12-1)34-13-3-4-15-36(34)41-27-31(22-24-37(35)41)29-10-7-11-30(26-29)32-23-25-44-42(28-32)40-18-9-21-46-48(40)50(44)45-20-8-17-39-38-16-5-6-19-43(38)49(46)47(39)45/h1-28H. The molecule has 2 nitrogen and oxygen atoms in total. The van der Waals surface area contributed by atoms with Gasteiger partial charge in [-0.05, 0) is 97.0 Å². The molecule has 0 aliphatic carbocycles. The molecule has 0 aliphatic rings. The van der Waals surface area contributed by atoms with Crippen LogP contribution in [0.4, 0.5) is 0 Å². The van der Waals surface area contributed by atoms with Gasteiger partial charge >= 0.3 is 0 Å². The minimum Gasteiger partial charge on any atom is -0.305 e. The zero-order valence-electron chi connectivity index (χ0n) is 27.1. The first-order valence-electron chi connectivity index (χ1n) is 17.4. The number of aromatic nitrogens is 2. The van der Waals surface area contributed by atoms with E-state index in [0.29, 0.717) is 0 Å². The molecule has 0 radical (unpaired) electrons. The SMILES string of the molecule is c1cc(-c2ccc3c4ccccc4c4ccccc4c3c2)cc(-c2ccc3c(c2)c2cccc4c2n3c2cccc3c5ccccc5n4c32)c1. The summed E-state index contributed by atoms with van der Waals surface area (Å²) >= 11 is 0. The Balaban J connectivity index is 1.07. The molecule has 0 bridgehead atoms. The predicted octanol–water partition coefficient (Wildman–Crippen LogP) is 13.0. The third kappa shape index (κ3) is 3.32. The summed E-state index contributed by atoms with van der Waals surface area (Å²) in [5, 5.41) is 13.0. The topological polar surface area (TPSA) is 8.82 Å². The van der Waals surface area contributed by atoms with E-state index in [2.05, 4.69) is 179 Å². The van der Waals surface area contributed by atoms with Crippen LogP contribution in [0.3, 0.4) is 0 Å². The molecule has 0 unspecified atom stereocenters. The molecule has 2 heteroatoms. The molecule has 50 heavy (non-hydrogen) atoms. The summed E-state index contributed by atoms with van der Waals surface area (Å²) in [5.74, 6) is 0. The maximum Gasteiger partial charge on any atom is 0.0783 e. The van der Waals surface area contributed by atoms with Crippen LogP contribution in [0.25, 0.3) is 109 Å². The summed E-state index contributed by atoms with van der Waals surface area (Å²) in [4.78, 5) is 0. The summed E-state index contributed by atoms with van der Waals surface area (Å²) in [6.45, 7) is 0. The number of benzene rings is 9. The van der Waals surface area contributed by atoms with Gasteiger partial charge in [0.25, 0.3) is 0 Å². The van der Waals surface area contributed by atoms with E-state index in [1.807, 2.05) is 0 Å². The van der Waals surface area contributed by atoms with Crippen molar-refractivity contribution in [1.29, 1.82) is 0 Å². The first-order valence-corrected chi connectivity index (χ1v) is 17.4. The van der Waals surface area contributed by atoms with Gasteiger partial charge in [-0.1, -0.05) is 127 Å². The second kappa shape index (κ2) is 9.49. The minimum absolute atomic E-state index is 1.22. The van der Waals surface area contributed by atoms with Gasteiger partial charge < -0.3 is 8.80 Å². The van der Waals surface area contributed by atoms with Gasteiger partial charge in [0.1, 0.15) is 0 Å². The quantitative estimate of drug-likeness (QED) is 0.132. The van der Waals surface area contributed by atoms with Gasteiger partial charge in [-0.25, -0.2) is 0 Å². The summed E-state index contributed by atoms with van der Waals surface area (Å²) in [6.07, 6.45) is 0. The molecule has 12 aromatic rings. The zero-order chi connectivity index (χ0) is 32.5. The van der Waals surface area contributed by atoms with E-state index >= 15 is 0 Å². The lowest BCUT2D eigenvalue weighted by Crippen LogP contribution is -1.96. The molecule has 0 aliphatic heterocycles. The molecule has 12 rings (SSSR count). The smallest absolute Gasteiger partial charge is 0.0783 e. The van der Waals surface area contributed by atoms with Crippen molar-refractivity contribution >= 4 is 87.0 Å². The lowest BCUT2D eigenvalue weighted by molar-refractivity contribution is 1.26. The fourth-order valence-corrected chi connectivity index (χ4v) is 9.06. The predicted molar refractivity (Wildman–Crippen MR) is 213 cm³/mol. The van der Waals surface area contributed by atoms with Crippen LogP contribution < -0.4 is 0 Å². The molecular weight excluding hydrogens is 605 g/mol. The van der Waals surface area contributed by atoms with Gasteiger partial charge in [0.05, 0.1) is 33.1 Å². The normalized spacial score (nSPS) is 12.4. The van der Waals surface area contributed by atoms with Crippen molar-refractivity contribution in [1.82, 2.24) is 8.80 Å². The Morgan fingerprint density at radius 1 is 0.220 bits per heavy atom. The third-order valence-corrected chi connectivity index (χ3v) is 11.2. The highest BCUT2D eigenvalue weighted by Crippen LogP contribution is 2.42. The molecule has 0 atom stereocenters. The highest BCUT2D eigenvalue weighted by molar-refractivity contribution is 6.26. The Morgan fingerprint density at radius 2 is 0.620 bits per heavy atom. The maximum atomic E-state index is 2.49. The molecule has 0 saturated heterocycles. The summed E-state index contributed by atoms with van der Waals surface area (Å²) in [5.41, 5.74) is 12.4. The van der Waals surface area contributed by atoms with Gasteiger partial charge in [-0.15, -0.1) is 0 Å². The Morgan fingerprint density at radius 3 is 1.26 bits per heavy atom. The first kappa shape index (κ1) is 26.3. The Kier molecular flexibility index (Phi) is 5.00. The van der Waals surface area contributed by atoms with E-state index < -0.39 is 0 Å². The van der Waals surface area contributed by atoms with Crippen LogP contribution >= 0.6 is 0 Å². The molecule has 3 heterocycles. The van der Waals surface area contributed by atoms with Crippen LogP contribution in [0.15, 0.2) is 170 Å². The fourth-order valence-electron chi connectivity index (χ4n) is 9.06. The zero-order valence-corrected chi connectivity index (χ0v) is 27.1. The first-order chi connectivity index (χ1) is 24.8. The van der Waals surface area contributed by atoms with Crippen molar-refractivity contribution in [2.75, 3.05) is 0 Å². The van der Waals surface area contributed by atoms with Crippen LogP contribution in [-0.4, -0.2) is 8.80 Å². The van der Waals surface area contributed by atoms with E-state index in [9.17, 15) is 0 Å². The van der Waals surface area contributed by atoms with E-state index in [0.717, 1.165) is 0 Å². The number of rotatable bonds is 2. The molecule has 0 amide bonds. The largest absolute Gasteiger partial charge is 0.305 e. The van der Waals surface area contributed by atoms with Crippen molar-refractivity contribution in [3.63, 3.8) is 0 Å². The number of para-hydroxylation sites is 3. The highest BCUT2D eigenvalue weighted by atomic mass is 15.0. The van der Waals surface area contributed by atoms with E-state index in [1.165, 1.54) is 109 Å². The van der Waals surface area contributed by atoms with E-state index in [-0.39, 0.29) is 0 Å². The molecule has 0 N–H and O–H groups in total. The molecule has 0 spiro atoms. The molecule has 3 aromatic heterocycles. The third-order valence-electron chi connectivity index (χ3n) is 11.2. The lowest BCUT2D eigenvalue weighted by atomic mass is 9.91. The molecule has 230 valence electrons. The van der Waals surface area contributed by atoms with Gasteiger partial charge in [0.2, 0.25) is 0 Å². The van der Waals surface area contributed by atoms with E-state index in [1.54, 1.807) is 0 Å². The number of hydrogen-bond acceptors (Lipinski definition) is 0. The van der Waals surface area contributed by atoms with Crippen molar-refractivity contribution in [2.45, 2.75) is 0 Å². The van der Waals surface area contributed by atoms with Crippen molar-refractivity contribution in [2.24, 2.45) is 0 Å². The summed E-state index contributed by atoms with van der Waals surface area (Å²) in [7, 11) is 0. The van der Waals surface area contributed by atoms with Crippen LogP contribution in [-0.2, 0) is 0 Å². The van der Waals surface area contributed by atoms with Crippen LogP contribution in [0.2, 0.25) is 0 Å². The highest BCUT2D eigenvalue weighted by Gasteiger charge is 2.20. The summed E-state index contributed by atoms with van der Waals surface area (Å²) in [6, 6.07) is 63.0.